The van der Waals surface area contributed by atoms with Crippen molar-refractivity contribution in [2.24, 2.45) is 5.41 Å². The molecule has 0 bridgehead atoms. The van der Waals surface area contributed by atoms with Crippen LogP contribution in [0.1, 0.15) is 33.6 Å². The number of aliphatic hydroxyl groups excluding tert-OH is 1. The number of likely N-dealkylation sites (tertiary alicyclic amines) is 1. The molecule has 2 N–H and O–H groups in total. The number of alkyl carbamates (subject to hydrolysis) is 1. The van der Waals surface area contributed by atoms with E-state index in [2.05, 4.69) is 21.2 Å². The number of para-hydroxylation sites is 1. The van der Waals surface area contributed by atoms with Gasteiger partial charge in [-0.2, -0.15) is 0 Å². The van der Waals surface area contributed by atoms with Crippen LogP contribution in [0.3, 0.4) is 0 Å². The van der Waals surface area contributed by atoms with Crippen LogP contribution in [0, 0.1) is 5.41 Å². The number of carbonyl (C=O) groups excluding carboxylic acids is 3. The molecule has 11 heteroatoms. The fourth-order valence-electron chi connectivity index (χ4n) is 4.90. The Bertz CT molecular complexity index is 1440. The first-order chi connectivity index (χ1) is 20.0. The van der Waals surface area contributed by atoms with Gasteiger partial charge in [-0.25, -0.2) is 14.6 Å². The smallest absolute Gasteiger partial charge is 0.407 e. The summed E-state index contributed by atoms with van der Waals surface area (Å²) in [6.45, 7) is 5.40. The molecule has 0 aliphatic carbocycles. The Morgan fingerprint density at radius 1 is 1.14 bits per heavy atom. The van der Waals surface area contributed by atoms with Gasteiger partial charge in [0.1, 0.15) is 18.2 Å². The van der Waals surface area contributed by atoms with Gasteiger partial charge in [0.05, 0.1) is 25.8 Å². The number of aromatic nitrogens is 1. The normalized spacial score (nSPS) is 17.5. The number of aliphatic hydroxyl groups is 1. The molecule has 4 rings (SSSR count). The average molecular weight is 643 g/mol. The molecule has 0 saturated carbocycles. The highest BCUT2D eigenvalue weighted by molar-refractivity contribution is 9.10. The minimum atomic E-state index is -0.999. The predicted molar refractivity (Wildman–Crippen MR) is 161 cm³/mol. The molecule has 1 aliphatic heterocycles. The first kappa shape index (κ1) is 31.2. The number of pyridine rings is 1. The van der Waals surface area contributed by atoms with E-state index in [4.69, 9.17) is 24.3 Å². The van der Waals surface area contributed by atoms with E-state index in [0.717, 1.165) is 26.5 Å². The van der Waals surface area contributed by atoms with Crippen LogP contribution < -0.4 is 10.1 Å². The second-order valence-electron chi connectivity index (χ2n) is 11.2. The molecule has 224 valence electrons. The summed E-state index contributed by atoms with van der Waals surface area (Å²) >= 11 is 3.53. The van der Waals surface area contributed by atoms with Crippen molar-refractivity contribution in [2.75, 3.05) is 26.9 Å². The van der Waals surface area contributed by atoms with Crippen LogP contribution in [0.2, 0.25) is 0 Å². The Hall–Kier alpha value is -3.70. The fraction of sp³-hybridized carbons (Fsp3) is 0.419. The van der Waals surface area contributed by atoms with Gasteiger partial charge < -0.3 is 29.5 Å². The number of amides is 2. The van der Waals surface area contributed by atoms with Crippen LogP contribution in [0.25, 0.3) is 22.0 Å². The van der Waals surface area contributed by atoms with Crippen LogP contribution in [-0.2, 0) is 19.1 Å². The van der Waals surface area contributed by atoms with Crippen molar-refractivity contribution in [3.8, 4) is 17.0 Å². The highest BCUT2D eigenvalue weighted by atomic mass is 79.9. The van der Waals surface area contributed by atoms with E-state index in [0.29, 0.717) is 5.88 Å². The number of rotatable bonds is 9. The van der Waals surface area contributed by atoms with E-state index in [1.165, 1.54) is 12.0 Å². The standard InChI is InChI=1S/C31H36BrN3O7/c1-31(2,3)26(34-30(39)41-14-8-13-36)28(37)35-18-22(17-25(35)29(38)40-4)42-27-23(19-10-7-11-21(32)15-19)16-20-9-5-6-12-24(20)33-27/h5-7,9-12,15-16,22,25-26,36H,8,13-14,17-18H2,1-4H3,(H,34,39)/t22-,25+,26-/m1/s1. The number of nitrogens with zero attached hydrogens (tertiary/aromatic N) is 2. The fourth-order valence-corrected chi connectivity index (χ4v) is 5.30. The maximum atomic E-state index is 13.9. The SMILES string of the molecule is COC(=O)[C@@H]1C[C@@H](Oc2nc3ccccc3cc2-c2cccc(Br)c2)CN1C(=O)[C@@H](NC(=O)OCCCO)C(C)(C)C. The number of carbonyl (C=O) groups is 3. The topological polar surface area (TPSA) is 127 Å². The number of ether oxygens (including phenoxy) is 3. The summed E-state index contributed by atoms with van der Waals surface area (Å²) in [6, 6.07) is 15.6. The van der Waals surface area contributed by atoms with E-state index < -0.39 is 41.6 Å². The Labute approximate surface area is 253 Å². The van der Waals surface area contributed by atoms with Crippen LogP contribution in [0.4, 0.5) is 4.79 Å². The summed E-state index contributed by atoms with van der Waals surface area (Å²) in [5.41, 5.74) is 1.71. The predicted octanol–water partition coefficient (Wildman–Crippen LogP) is 4.71. The van der Waals surface area contributed by atoms with Crippen molar-refractivity contribution in [2.45, 2.75) is 51.8 Å². The molecule has 42 heavy (non-hydrogen) atoms. The summed E-state index contributed by atoms with van der Waals surface area (Å²) in [5.74, 6) is -0.652. The third kappa shape index (κ3) is 7.38. The lowest BCUT2D eigenvalue weighted by atomic mass is 9.85. The van der Waals surface area contributed by atoms with E-state index in [-0.39, 0.29) is 32.6 Å². The molecular weight excluding hydrogens is 606 g/mol. The van der Waals surface area contributed by atoms with Gasteiger partial charge in [-0.05, 0) is 35.2 Å². The Kier molecular flexibility index (Phi) is 10.1. The van der Waals surface area contributed by atoms with Gasteiger partial charge in [-0.15, -0.1) is 0 Å². The summed E-state index contributed by atoms with van der Waals surface area (Å²) in [7, 11) is 1.27. The van der Waals surface area contributed by atoms with Gasteiger partial charge >= 0.3 is 12.1 Å². The van der Waals surface area contributed by atoms with Crippen LogP contribution in [0.5, 0.6) is 5.88 Å². The number of methoxy groups -OCH3 is 1. The van der Waals surface area contributed by atoms with Gasteiger partial charge in [-0.3, -0.25) is 4.79 Å². The lowest BCUT2D eigenvalue weighted by Crippen LogP contribution is -2.57. The number of nitrogens with one attached hydrogen (secondary N) is 1. The average Bonchev–Trinajstić information content (AvgIpc) is 3.38. The van der Waals surface area contributed by atoms with Gasteiger partial charge in [-0.1, -0.05) is 67.0 Å². The van der Waals surface area contributed by atoms with Crippen LogP contribution in [0.15, 0.2) is 59.1 Å². The maximum Gasteiger partial charge on any atom is 0.407 e. The molecule has 2 aromatic carbocycles. The molecule has 0 unspecified atom stereocenters. The molecule has 1 saturated heterocycles. The quantitative estimate of drug-likeness (QED) is 0.254. The molecular formula is C31H36BrN3O7. The summed E-state index contributed by atoms with van der Waals surface area (Å²) in [5, 5.41) is 12.6. The Morgan fingerprint density at radius 3 is 2.60 bits per heavy atom. The number of esters is 1. The van der Waals surface area contributed by atoms with Gasteiger partial charge in [0.25, 0.3) is 0 Å². The lowest BCUT2D eigenvalue weighted by molar-refractivity contribution is -0.152. The zero-order valence-electron chi connectivity index (χ0n) is 24.1. The van der Waals surface area contributed by atoms with Crippen molar-refractivity contribution in [1.29, 1.82) is 0 Å². The molecule has 10 nitrogen and oxygen atoms in total. The highest BCUT2D eigenvalue weighted by Gasteiger charge is 2.46. The molecule has 3 aromatic rings. The van der Waals surface area contributed by atoms with E-state index in [9.17, 15) is 14.4 Å². The molecule has 3 atom stereocenters. The molecule has 1 aromatic heterocycles. The van der Waals surface area contributed by atoms with Crippen molar-refractivity contribution in [3.63, 3.8) is 0 Å². The summed E-state index contributed by atoms with van der Waals surface area (Å²) in [6.07, 6.45) is -0.892. The number of hydrogen-bond donors (Lipinski definition) is 2. The third-order valence-corrected chi connectivity index (χ3v) is 7.53. The van der Waals surface area contributed by atoms with Crippen molar-refractivity contribution >= 4 is 44.8 Å². The highest BCUT2D eigenvalue weighted by Crippen LogP contribution is 2.36. The minimum absolute atomic E-state index is 0.0108. The Balaban J connectivity index is 1.63. The lowest BCUT2D eigenvalue weighted by Gasteiger charge is -2.34. The van der Waals surface area contributed by atoms with Crippen molar-refractivity contribution in [3.05, 3.63) is 59.1 Å². The van der Waals surface area contributed by atoms with Crippen LogP contribution in [-0.4, -0.2) is 78.0 Å². The number of fused-ring (bicyclic) bond motifs is 1. The first-order valence-corrected chi connectivity index (χ1v) is 14.6. The first-order valence-electron chi connectivity index (χ1n) is 13.8. The van der Waals surface area contributed by atoms with Crippen molar-refractivity contribution < 1.29 is 33.7 Å². The second kappa shape index (κ2) is 13.5. The van der Waals surface area contributed by atoms with Crippen molar-refractivity contribution in [1.82, 2.24) is 15.2 Å². The second-order valence-corrected chi connectivity index (χ2v) is 12.1. The molecule has 2 amide bonds. The Morgan fingerprint density at radius 2 is 1.90 bits per heavy atom. The molecule has 0 radical (unpaired) electrons. The summed E-state index contributed by atoms with van der Waals surface area (Å²) < 4.78 is 17.5. The van der Waals surface area contributed by atoms with Gasteiger partial charge in [0.2, 0.25) is 11.8 Å². The van der Waals surface area contributed by atoms with Gasteiger partial charge in [0, 0.05) is 34.9 Å². The number of halogens is 1. The molecule has 0 spiro atoms. The molecule has 2 heterocycles. The van der Waals surface area contributed by atoms with E-state index in [1.807, 2.05) is 75.4 Å². The molecule has 1 aliphatic rings. The number of benzene rings is 2. The zero-order valence-corrected chi connectivity index (χ0v) is 25.7. The summed E-state index contributed by atoms with van der Waals surface area (Å²) in [4.78, 5) is 45.5. The van der Waals surface area contributed by atoms with E-state index >= 15 is 0 Å². The molecule has 1 fully saturated rings. The van der Waals surface area contributed by atoms with E-state index in [1.54, 1.807) is 0 Å². The monoisotopic (exact) mass is 641 g/mol. The number of hydrogen-bond acceptors (Lipinski definition) is 8. The minimum Gasteiger partial charge on any atom is -0.472 e. The van der Waals surface area contributed by atoms with Crippen LogP contribution >= 0.6 is 15.9 Å². The largest absolute Gasteiger partial charge is 0.472 e. The third-order valence-electron chi connectivity index (χ3n) is 7.03. The zero-order chi connectivity index (χ0) is 30.4. The maximum absolute atomic E-state index is 13.9. The van der Waals surface area contributed by atoms with Gasteiger partial charge in [0.15, 0.2) is 0 Å².